The van der Waals surface area contributed by atoms with Gasteiger partial charge in [-0.15, -0.1) is 0 Å². The highest BCUT2D eigenvalue weighted by atomic mass is 16.6. The number of rotatable bonds is 63. The van der Waals surface area contributed by atoms with Gasteiger partial charge in [-0.3, -0.25) is 29.0 Å². The molecule has 0 heterocycles. The van der Waals surface area contributed by atoms with Crippen molar-refractivity contribution in [1.82, 2.24) is 0 Å². The monoisotopic (exact) mass is 1220 g/mol. The number of quaternary nitrogens is 1. The van der Waals surface area contributed by atoms with E-state index < -0.39 is 49.3 Å². The van der Waals surface area contributed by atoms with Gasteiger partial charge in [0.25, 0.3) is 0 Å². The Bertz CT molecular complexity index is 1790. The van der Waals surface area contributed by atoms with E-state index in [1.165, 1.54) is 116 Å². The fourth-order valence-electron chi connectivity index (χ4n) is 10.6. The van der Waals surface area contributed by atoms with Crippen molar-refractivity contribution < 1.29 is 48.7 Å². The number of esters is 4. The molecule has 11 heteroatoms. The highest BCUT2D eigenvalue weighted by molar-refractivity contribution is 5.96. The lowest BCUT2D eigenvalue weighted by atomic mass is 10.0. The van der Waals surface area contributed by atoms with Crippen LogP contribution in [0.4, 0.5) is 0 Å². The molecule has 0 radical (unpaired) electrons. The topological polar surface area (TPSA) is 162 Å². The van der Waals surface area contributed by atoms with Gasteiger partial charge in [-0.2, -0.15) is 0 Å². The molecule has 0 aliphatic rings. The van der Waals surface area contributed by atoms with Crippen LogP contribution in [0.5, 0.6) is 0 Å². The number of aliphatic imine (C=N–C) groups is 1. The van der Waals surface area contributed by atoms with Crippen LogP contribution in [0.15, 0.2) is 65.7 Å². The summed E-state index contributed by atoms with van der Waals surface area (Å²) in [6, 6.07) is 7.71. The molecule has 0 saturated heterocycles. The molecule has 1 aromatic carbocycles. The minimum Gasteiger partial charge on any atom is -0.461 e. The minimum atomic E-state index is -1.76. The Balaban J connectivity index is 3.00. The number of nitrogens with zero attached hydrogens (tertiary/aromatic N) is 1. The Labute approximate surface area is 532 Å². The molecule has 1 atom stereocenters. The molecular formula is C76H131N2O9+. The lowest BCUT2D eigenvalue weighted by Crippen LogP contribution is -2.58. The zero-order valence-electron chi connectivity index (χ0n) is 56.5. The standard InChI is InChI=1S/C76H130N2O9/c1-5-8-11-14-17-20-23-26-29-32-35-38-41-44-50-55-72(80)84-65-76(66-85-73(81)56-51-45-42-39-36-33-30-27-24-21-18-15-12-9-6-2,67-86-74(82)57-52-46-43-40-37-34-31-28-25-22-19-16-13-10-7-3)87-75(83)62-63-78-64-69-58-60-70(61-59-69)71(79)54-49-47-48-53-68(4)77/h26-31,58-61,64,68H,5-25,32-57,62-63,65-67,77H2,1-4H3/p+1/b29-26-,30-27-,31-28-,78-64?. The summed E-state index contributed by atoms with van der Waals surface area (Å²) >= 11 is 0. The van der Waals surface area contributed by atoms with Crippen molar-refractivity contribution in [2.75, 3.05) is 26.4 Å². The molecule has 0 aliphatic heterocycles. The summed E-state index contributed by atoms with van der Waals surface area (Å²) in [6.07, 6.45) is 65.1. The Hall–Kier alpha value is -4.38. The van der Waals surface area contributed by atoms with Gasteiger partial charge in [0, 0.05) is 44.0 Å². The normalized spacial score (nSPS) is 12.3. The summed E-state index contributed by atoms with van der Waals surface area (Å²) < 4.78 is 23.7. The van der Waals surface area contributed by atoms with E-state index in [0.717, 1.165) is 147 Å². The molecule has 0 aromatic heterocycles. The third-order valence-electron chi connectivity index (χ3n) is 16.3. The van der Waals surface area contributed by atoms with Crippen molar-refractivity contribution in [2.45, 2.75) is 348 Å². The number of unbranched alkanes of at least 4 members (excludes halogenated alkanes) is 35. The maximum atomic E-state index is 13.8. The van der Waals surface area contributed by atoms with Gasteiger partial charge in [0.15, 0.2) is 5.78 Å². The van der Waals surface area contributed by atoms with E-state index >= 15 is 0 Å². The highest BCUT2D eigenvalue weighted by Crippen LogP contribution is 2.21. The van der Waals surface area contributed by atoms with Crippen LogP contribution in [0.25, 0.3) is 0 Å². The number of benzene rings is 1. The Morgan fingerprint density at radius 1 is 0.402 bits per heavy atom. The zero-order valence-corrected chi connectivity index (χ0v) is 56.5. The fraction of sp³-hybridized carbons (Fsp3) is 0.763. The van der Waals surface area contributed by atoms with Gasteiger partial charge < -0.3 is 24.7 Å². The largest absolute Gasteiger partial charge is 0.461 e. The van der Waals surface area contributed by atoms with Crippen molar-refractivity contribution in [1.29, 1.82) is 0 Å². The lowest BCUT2D eigenvalue weighted by Gasteiger charge is -2.32. The van der Waals surface area contributed by atoms with E-state index in [0.29, 0.717) is 37.3 Å². The summed E-state index contributed by atoms with van der Waals surface area (Å²) in [7, 11) is 0. The van der Waals surface area contributed by atoms with Crippen LogP contribution in [-0.4, -0.2) is 73.9 Å². The molecule has 0 fully saturated rings. The molecule has 1 aromatic rings. The van der Waals surface area contributed by atoms with Crippen LogP contribution in [0, 0.1) is 0 Å². The number of carbonyl (C=O) groups is 5. The zero-order chi connectivity index (χ0) is 63.2. The average Bonchev–Trinajstić information content (AvgIpc) is 3.69. The van der Waals surface area contributed by atoms with Gasteiger partial charge in [0.1, 0.15) is 19.8 Å². The molecule has 0 amide bonds. The van der Waals surface area contributed by atoms with Crippen molar-refractivity contribution in [3.05, 3.63) is 71.8 Å². The molecule has 1 unspecified atom stereocenters. The second-order valence-electron chi connectivity index (χ2n) is 25.2. The van der Waals surface area contributed by atoms with Crippen LogP contribution in [-0.2, 0) is 38.1 Å². The van der Waals surface area contributed by atoms with Crippen molar-refractivity contribution >= 4 is 35.9 Å². The van der Waals surface area contributed by atoms with E-state index in [1.807, 2.05) is 24.3 Å². The van der Waals surface area contributed by atoms with Crippen molar-refractivity contribution in [2.24, 2.45) is 4.99 Å². The molecule has 0 saturated carbocycles. The third kappa shape index (κ3) is 53.2. The van der Waals surface area contributed by atoms with Gasteiger partial charge in [-0.05, 0) is 128 Å². The van der Waals surface area contributed by atoms with E-state index in [4.69, 9.17) is 18.9 Å². The van der Waals surface area contributed by atoms with Gasteiger partial charge in [-0.25, -0.2) is 0 Å². The summed E-state index contributed by atoms with van der Waals surface area (Å²) in [5.41, 5.74) is 3.73. The molecule has 1 rings (SSSR count). The van der Waals surface area contributed by atoms with Crippen LogP contribution in [0.3, 0.4) is 0 Å². The number of carbonyl (C=O) groups excluding carboxylic acids is 5. The summed E-state index contributed by atoms with van der Waals surface area (Å²) in [5.74, 6) is -1.91. The predicted octanol–water partition coefficient (Wildman–Crippen LogP) is 20.3. The summed E-state index contributed by atoms with van der Waals surface area (Å²) in [5, 5.41) is 0. The van der Waals surface area contributed by atoms with Crippen LogP contribution in [0.2, 0.25) is 0 Å². The summed E-state index contributed by atoms with van der Waals surface area (Å²) in [6.45, 7) is 7.64. The second kappa shape index (κ2) is 60.5. The molecule has 498 valence electrons. The van der Waals surface area contributed by atoms with E-state index in [9.17, 15) is 24.0 Å². The van der Waals surface area contributed by atoms with Crippen molar-refractivity contribution in [3.8, 4) is 0 Å². The predicted molar refractivity (Wildman–Crippen MR) is 363 cm³/mol. The summed E-state index contributed by atoms with van der Waals surface area (Å²) in [4.78, 5) is 71.3. The molecular weight excluding hydrogens is 1080 g/mol. The quantitative estimate of drug-likeness (QED) is 0.0167. The maximum Gasteiger partial charge on any atom is 0.308 e. The molecule has 11 nitrogen and oxygen atoms in total. The van der Waals surface area contributed by atoms with Crippen LogP contribution in [0.1, 0.15) is 352 Å². The first kappa shape index (κ1) is 80.6. The van der Waals surface area contributed by atoms with Gasteiger partial charge in [-0.1, -0.05) is 242 Å². The first-order valence-electron chi connectivity index (χ1n) is 36.1. The molecule has 0 spiro atoms. The minimum absolute atomic E-state index is 0.0846. The van der Waals surface area contributed by atoms with Gasteiger partial charge in [0.2, 0.25) is 5.60 Å². The second-order valence-corrected chi connectivity index (χ2v) is 25.2. The van der Waals surface area contributed by atoms with E-state index in [1.54, 1.807) is 6.21 Å². The number of Topliss-reactive ketones (excluding diaryl/α,β-unsaturated/α-hetero) is 1. The maximum absolute atomic E-state index is 13.8. The van der Waals surface area contributed by atoms with Gasteiger partial charge in [0.05, 0.1) is 12.5 Å². The Morgan fingerprint density at radius 3 is 1.06 bits per heavy atom. The molecule has 0 bridgehead atoms. The smallest absolute Gasteiger partial charge is 0.308 e. The fourth-order valence-corrected chi connectivity index (χ4v) is 10.6. The SMILES string of the molecule is CCCCCCCC/C=C\CCCCCCCC(=O)OCC(COC(=O)CCCCCCC/C=C\CCCCCCCC)(COC(=O)CCCCCCC/C=C\CCCCCCCC)OC(=O)CCN=Cc1ccc(C(=O)CCCCCC(C)[NH3+])cc1. The number of allylic oxidation sites excluding steroid dienone is 6. The first-order chi connectivity index (χ1) is 42.5. The van der Waals surface area contributed by atoms with E-state index in [-0.39, 0.29) is 38.0 Å². The highest BCUT2D eigenvalue weighted by Gasteiger charge is 2.40. The van der Waals surface area contributed by atoms with Gasteiger partial charge >= 0.3 is 23.9 Å². The molecule has 0 aliphatic carbocycles. The number of ketones is 1. The van der Waals surface area contributed by atoms with Crippen molar-refractivity contribution in [3.63, 3.8) is 0 Å². The number of hydrogen-bond donors (Lipinski definition) is 1. The first-order valence-corrected chi connectivity index (χ1v) is 36.1. The Kier molecular flexibility index (Phi) is 56.1. The molecule has 87 heavy (non-hydrogen) atoms. The Morgan fingerprint density at radius 2 is 0.713 bits per heavy atom. The average molecular weight is 1220 g/mol. The van der Waals surface area contributed by atoms with E-state index in [2.05, 4.69) is 74.9 Å². The molecule has 3 N–H and O–H groups in total. The lowest BCUT2D eigenvalue weighted by molar-refractivity contribution is -0.415. The number of hydrogen-bond acceptors (Lipinski definition) is 10. The van der Waals surface area contributed by atoms with Crippen LogP contribution >= 0.6 is 0 Å². The number of ether oxygens (including phenoxy) is 4. The third-order valence-corrected chi connectivity index (χ3v) is 16.3. The van der Waals surface area contributed by atoms with Crippen LogP contribution < -0.4 is 5.73 Å².